The van der Waals surface area contributed by atoms with Crippen LogP contribution in [0.5, 0.6) is 0 Å². The molecule has 1 aromatic carbocycles. The summed E-state index contributed by atoms with van der Waals surface area (Å²) in [6.45, 7) is 1.80. The molecule has 0 bridgehead atoms. The van der Waals surface area contributed by atoms with E-state index in [9.17, 15) is 18.0 Å². The Bertz CT molecular complexity index is 669. The average molecular weight is 313 g/mol. The van der Waals surface area contributed by atoms with Gasteiger partial charge in [-0.25, -0.2) is 9.78 Å². The molecule has 0 unspecified atom stereocenters. The van der Waals surface area contributed by atoms with Crippen molar-refractivity contribution >= 4 is 17.7 Å². The lowest BCUT2D eigenvalue weighted by atomic mass is 10.1. The van der Waals surface area contributed by atoms with Gasteiger partial charge >= 0.3 is 12.1 Å². The van der Waals surface area contributed by atoms with Gasteiger partial charge in [0.2, 0.25) is 0 Å². The summed E-state index contributed by atoms with van der Waals surface area (Å²) in [6, 6.07) is 6.93. The molecular formula is C14H10F3NO2S. The number of carbonyl (C=O) groups is 1. The highest BCUT2D eigenvalue weighted by atomic mass is 32.2. The number of rotatable bonds is 3. The molecule has 21 heavy (non-hydrogen) atoms. The first-order valence-corrected chi connectivity index (χ1v) is 6.64. The number of aryl methyl sites for hydroxylation is 1. The number of aromatic nitrogens is 1. The molecular weight excluding hydrogens is 303 g/mol. The molecule has 0 saturated heterocycles. The number of halogens is 3. The highest BCUT2D eigenvalue weighted by Crippen LogP contribution is 2.33. The van der Waals surface area contributed by atoms with E-state index in [1.165, 1.54) is 12.1 Å². The van der Waals surface area contributed by atoms with Crippen LogP contribution in [0.25, 0.3) is 0 Å². The first kappa shape index (κ1) is 15.4. The van der Waals surface area contributed by atoms with Gasteiger partial charge in [0.15, 0.2) is 0 Å². The van der Waals surface area contributed by atoms with Crippen LogP contribution in [0.4, 0.5) is 13.2 Å². The van der Waals surface area contributed by atoms with Crippen LogP contribution >= 0.6 is 11.8 Å². The second-order valence-electron chi connectivity index (χ2n) is 4.29. The van der Waals surface area contributed by atoms with Crippen LogP contribution in [-0.2, 0) is 6.18 Å². The number of carboxylic acids is 1. The zero-order valence-electron chi connectivity index (χ0n) is 10.8. The Hall–Kier alpha value is -2.02. The van der Waals surface area contributed by atoms with E-state index in [1.54, 1.807) is 19.1 Å². The lowest BCUT2D eigenvalue weighted by Gasteiger charge is -2.08. The van der Waals surface area contributed by atoms with Gasteiger partial charge in [-0.1, -0.05) is 17.8 Å². The summed E-state index contributed by atoms with van der Waals surface area (Å²) in [5.74, 6) is -1.09. The fourth-order valence-corrected chi connectivity index (χ4v) is 2.59. The summed E-state index contributed by atoms with van der Waals surface area (Å²) in [5, 5.41) is 9.40. The minimum absolute atomic E-state index is 0.0901. The predicted octanol–water partition coefficient (Wildman–Crippen LogP) is 4.26. The highest BCUT2D eigenvalue weighted by molar-refractivity contribution is 7.99. The molecule has 3 nitrogen and oxygen atoms in total. The quantitative estimate of drug-likeness (QED) is 0.920. The van der Waals surface area contributed by atoms with Crippen LogP contribution in [0.3, 0.4) is 0 Å². The van der Waals surface area contributed by atoms with E-state index in [0.717, 1.165) is 29.6 Å². The third-order valence-corrected chi connectivity index (χ3v) is 3.65. The second kappa shape index (κ2) is 5.77. The molecule has 0 spiro atoms. The van der Waals surface area contributed by atoms with Gasteiger partial charge in [0, 0.05) is 11.1 Å². The Labute approximate surface area is 122 Å². The van der Waals surface area contributed by atoms with Crippen molar-refractivity contribution in [3.8, 4) is 0 Å². The molecule has 0 amide bonds. The SMILES string of the molecule is Cc1ccc(C(=O)O)c(Sc2ccc(C(F)(F)F)cn2)c1. The van der Waals surface area contributed by atoms with Gasteiger partial charge in [-0.05, 0) is 36.8 Å². The van der Waals surface area contributed by atoms with E-state index in [0.29, 0.717) is 9.92 Å². The Morgan fingerprint density at radius 1 is 1.24 bits per heavy atom. The fourth-order valence-electron chi connectivity index (χ4n) is 1.61. The number of pyridine rings is 1. The largest absolute Gasteiger partial charge is 0.478 e. The number of alkyl halides is 3. The third kappa shape index (κ3) is 3.75. The molecule has 0 fully saturated rings. The lowest BCUT2D eigenvalue weighted by Crippen LogP contribution is -2.05. The van der Waals surface area contributed by atoms with E-state index >= 15 is 0 Å². The molecule has 0 atom stereocenters. The summed E-state index contributed by atoms with van der Waals surface area (Å²) in [6.07, 6.45) is -3.70. The van der Waals surface area contributed by atoms with Crippen molar-refractivity contribution in [2.75, 3.05) is 0 Å². The van der Waals surface area contributed by atoms with Crippen molar-refractivity contribution in [3.63, 3.8) is 0 Å². The fraction of sp³-hybridized carbons (Fsp3) is 0.143. The minimum Gasteiger partial charge on any atom is -0.478 e. The van der Waals surface area contributed by atoms with Gasteiger partial charge in [-0.2, -0.15) is 13.2 Å². The van der Waals surface area contributed by atoms with Crippen LogP contribution in [0.15, 0.2) is 46.5 Å². The summed E-state index contributed by atoms with van der Waals surface area (Å²) in [5.41, 5.74) is 0.108. The second-order valence-corrected chi connectivity index (χ2v) is 5.35. The lowest BCUT2D eigenvalue weighted by molar-refractivity contribution is -0.137. The van der Waals surface area contributed by atoms with Gasteiger partial charge < -0.3 is 5.11 Å². The zero-order valence-corrected chi connectivity index (χ0v) is 11.6. The van der Waals surface area contributed by atoms with Gasteiger partial charge in [0.1, 0.15) is 5.03 Å². The molecule has 2 aromatic rings. The standard InChI is InChI=1S/C14H10F3NO2S/c1-8-2-4-10(13(19)20)11(6-8)21-12-5-3-9(7-18-12)14(15,16)17/h2-7H,1H3,(H,19,20). The van der Waals surface area contributed by atoms with Crippen molar-refractivity contribution in [2.24, 2.45) is 0 Å². The Balaban J connectivity index is 2.30. The summed E-state index contributed by atoms with van der Waals surface area (Å²) < 4.78 is 37.3. The molecule has 1 aromatic heterocycles. The molecule has 7 heteroatoms. The molecule has 0 aliphatic carbocycles. The van der Waals surface area contributed by atoms with Crippen LogP contribution < -0.4 is 0 Å². The molecule has 0 saturated carbocycles. The van der Waals surface area contributed by atoms with Crippen LogP contribution in [-0.4, -0.2) is 16.1 Å². The molecule has 0 aliphatic rings. The normalized spacial score (nSPS) is 11.4. The summed E-state index contributed by atoms with van der Waals surface area (Å²) >= 11 is 1.02. The first-order valence-electron chi connectivity index (χ1n) is 5.82. The maximum absolute atomic E-state index is 12.4. The van der Waals surface area contributed by atoms with Gasteiger partial charge in [0.05, 0.1) is 11.1 Å². The zero-order chi connectivity index (χ0) is 15.6. The van der Waals surface area contributed by atoms with Crippen molar-refractivity contribution < 1.29 is 23.1 Å². The van der Waals surface area contributed by atoms with E-state index < -0.39 is 17.7 Å². The Morgan fingerprint density at radius 3 is 2.48 bits per heavy atom. The number of nitrogens with zero attached hydrogens (tertiary/aromatic N) is 1. The van der Waals surface area contributed by atoms with Crippen molar-refractivity contribution in [2.45, 2.75) is 23.0 Å². The number of carboxylic acid groups (broad SMARTS) is 1. The first-order chi connectivity index (χ1) is 9.77. The van der Waals surface area contributed by atoms with Gasteiger partial charge in [0.25, 0.3) is 0 Å². The van der Waals surface area contributed by atoms with E-state index in [4.69, 9.17) is 5.11 Å². The Kier molecular flexibility index (Phi) is 4.22. The third-order valence-electron chi connectivity index (χ3n) is 2.65. The smallest absolute Gasteiger partial charge is 0.417 e. The Morgan fingerprint density at radius 2 is 1.95 bits per heavy atom. The molecule has 0 radical (unpaired) electrons. The van der Waals surface area contributed by atoms with E-state index in [1.807, 2.05) is 0 Å². The van der Waals surface area contributed by atoms with E-state index in [2.05, 4.69) is 4.98 Å². The van der Waals surface area contributed by atoms with Crippen LogP contribution in [0.2, 0.25) is 0 Å². The van der Waals surface area contributed by atoms with Crippen LogP contribution in [0, 0.1) is 6.92 Å². The molecule has 2 rings (SSSR count). The topological polar surface area (TPSA) is 50.2 Å². The number of hydrogen-bond acceptors (Lipinski definition) is 3. The average Bonchev–Trinajstić information content (AvgIpc) is 2.38. The molecule has 110 valence electrons. The van der Waals surface area contributed by atoms with Gasteiger partial charge in [-0.3, -0.25) is 0 Å². The van der Waals surface area contributed by atoms with Crippen molar-refractivity contribution in [1.29, 1.82) is 0 Å². The van der Waals surface area contributed by atoms with Crippen molar-refractivity contribution in [1.82, 2.24) is 4.98 Å². The number of aromatic carboxylic acids is 1. The number of benzene rings is 1. The summed E-state index contributed by atoms with van der Waals surface area (Å²) in [7, 11) is 0. The van der Waals surface area contributed by atoms with Gasteiger partial charge in [-0.15, -0.1) is 0 Å². The predicted molar refractivity (Wildman–Crippen MR) is 71.5 cm³/mol. The molecule has 1 N–H and O–H groups in total. The molecule has 1 heterocycles. The maximum atomic E-state index is 12.4. The number of hydrogen-bond donors (Lipinski definition) is 1. The van der Waals surface area contributed by atoms with Crippen molar-refractivity contribution in [3.05, 3.63) is 53.2 Å². The maximum Gasteiger partial charge on any atom is 0.417 e. The molecule has 0 aliphatic heterocycles. The monoisotopic (exact) mass is 313 g/mol. The van der Waals surface area contributed by atoms with E-state index in [-0.39, 0.29) is 5.56 Å². The summed E-state index contributed by atoms with van der Waals surface area (Å²) in [4.78, 5) is 15.3. The highest BCUT2D eigenvalue weighted by Gasteiger charge is 2.30. The van der Waals surface area contributed by atoms with Crippen LogP contribution in [0.1, 0.15) is 21.5 Å². The minimum atomic E-state index is -4.44.